The molecule has 6 nitrogen and oxygen atoms in total. The largest absolute Gasteiger partial charge is 0.481 e. The Balaban J connectivity index is 2.88. The van der Waals surface area contributed by atoms with Crippen LogP contribution in [0.15, 0.2) is 24.5 Å². The summed E-state index contributed by atoms with van der Waals surface area (Å²) in [6.45, 7) is 1.73. The molecule has 1 aromatic rings. The van der Waals surface area contributed by atoms with Gasteiger partial charge in [0.05, 0.1) is 19.1 Å². The molecule has 1 aromatic heterocycles. The molecule has 6 heteroatoms. The minimum Gasteiger partial charge on any atom is -0.481 e. The fourth-order valence-corrected chi connectivity index (χ4v) is 1.77. The van der Waals surface area contributed by atoms with Crippen molar-refractivity contribution >= 4 is 11.9 Å². The second-order valence-electron chi connectivity index (χ2n) is 4.12. The van der Waals surface area contributed by atoms with Crippen LogP contribution >= 0.6 is 0 Å². The first-order valence-corrected chi connectivity index (χ1v) is 6.13. The molecule has 0 saturated heterocycles. The molecule has 104 valence electrons. The van der Waals surface area contributed by atoms with E-state index in [-0.39, 0.29) is 31.5 Å². The molecule has 0 aliphatic carbocycles. The number of rotatable bonds is 7. The number of carboxylic acids is 1. The number of carbonyl (C=O) groups is 2. The van der Waals surface area contributed by atoms with E-state index in [0.29, 0.717) is 12.0 Å². The third-order valence-electron chi connectivity index (χ3n) is 2.88. The summed E-state index contributed by atoms with van der Waals surface area (Å²) in [7, 11) is 0. The average Bonchev–Trinajstić information content (AvgIpc) is 2.43. The maximum Gasteiger partial charge on any atom is 0.305 e. The van der Waals surface area contributed by atoms with Crippen LogP contribution in [0.25, 0.3) is 0 Å². The zero-order valence-corrected chi connectivity index (χ0v) is 10.8. The second kappa shape index (κ2) is 7.48. The van der Waals surface area contributed by atoms with Crippen LogP contribution in [0.4, 0.5) is 0 Å². The van der Waals surface area contributed by atoms with Gasteiger partial charge in [0, 0.05) is 24.5 Å². The summed E-state index contributed by atoms with van der Waals surface area (Å²) >= 11 is 0. The van der Waals surface area contributed by atoms with Gasteiger partial charge in [0.2, 0.25) is 0 Å². The van der Waals surface area contributed by atoms with Crippen molar-refractivity contribution in [1.29, 1.82) is 0 Å². The minimum absolute atomic E-state index is 0.0789. The van der Waals surface area contributed by atoms with Gasteiger partial charge in [0.1, 0.15) is 0 Å². The number of nitrogens with zero attached hydrogens (tertiary/aromatic N) is 2. The lowest BCUT2D eigenvalue weighted by Gasteiger charge is -2.29. The van der Waals surface area contributed by atoms with Gasteiger partial charge in [0.15, 0.2) is 0 Å². The van der Waals surface area contributed by atoms with Gasteiger partial charge < -0.3 is 15.1 Å². The molecule has 1 amide bonds. The standard InChI is InChI=1S/C13H18N2O4/c1-2-11(9-16)15(8-5-12(17)18)13(19)10-3-6-14-7-4-10/h3-4,6-7,11,16H,2,5,8-9H2,1H3,(H,17,18). The average molecular weight is 266 g/mol. The molecule has 19 heavy (non-hydrogen) atoms. The Kier molecular flexibility index (Phi) is 5.95. The van der Waals surface area contributed by atoms with Crippen molar-refractivity contribution in [3.63, 3.8) is 0 Å². The van der Waals surface area contributed by atoms with E-state index in [1.165, 1.54) is 17.3 Å². The van der Waals surface area contributed by atoms with Gasteiger partial charge in [-0.25, -0.2) is 0 Å². The lowest BCUT2D eigenvalue weighted by molar-refractivity contribution is -0.137. The Morgan fingerprint density at radius 3 is 2.47 bits per heavy atom. The quantitative estimate of drug-likeness (QED) is 0.760. The molecular formula is C13H18N2O4. The molecule has 1 heterocycles. The molecule has 2 N–H and O–H groups in total. The van der Waals surface area contributed by atoms with Gasteiger partial charge in [-0.05, 0) is 18.6 Å². The molecule has 0 aromatic carbocycles. The highest BCUT2D eigenvalue weighted by Gasteiger charge is 2.23. The summed E-state index contributed by atoms with van der Waals surface area (Å²) in [6.07, 6.45) is 3.42. The van der Waals surface area contributed by atoms with E-state index in [1.54, 1.807) is 12.1 Å². The highest BCUT2D eigenvalue weighted by atomic mass is 16.4. The van der Waals surface area contributed by atoms with Crippen molar-refractivity contribution < 1.29 is 19.8 Å². The third kappa shape index (κ3) is 4.33. The number of aliphatic hydroxyl groups is 1. The van der Waals surface area contributed by atoms with Crippen LogP contribution in [0.3, 0.4) is 0 Å². The van der Waals surface area contributed by atoms with Crippen molar-refractivity contribution in [3.8, 4) is 0 Å². The minimum atomic E-state index is -0.972. The Hall–Kier alpha value is -1.95. The van der Waals surface area contributed by atoms with E-state index >= 15 is 0 Å². The highest BCUT2D eigenvalue weighted by Crippen LogP contribution is 2.11. The van der Waals surface area contributed by atoms with Gasteiger partial charge in [0.25, 0.3) is 5.91 Å². The van der Waals surface area contributed by atoms with Gasteiger partial charge in [-0.15, -0.1) is 0 Å². The van der Waals surface area contributed by atoms with Crippen LogP contribution in [0, 0.1) is 0 Å². The van der Waals surface area contributed by atoms with Gasteiger partial charge in [-0.2, -0.15) is 0 Å². The van der Waals surface area contributed by atoms with E-state index in [1.807, 2.05) is 6.92 Å². The van der Waals surface area contributed by atoms with Crippen LogP contribution in [-0.4, -0.2) is 51.2 Å². The lowest BCUT2D eigenvalue weighted by Crippen LogP contribution is -2.43. The summed E-state index contributed by atoms with van der Waals surface area (Å²) in [5.41, 5.74) is 0.437. The molecule has 0 aliphatic heterocycles. The van der Waals surface area contributed by atoms with Crippen LogP contribution in [-0.2, 0) is 4.79 Å². The first-order valence-electron chi connectivity index (χ1n) is 6.13. The second-order valence-corrected chi connectivity index (χ2v) is 4.12. The number of pyridine rings is 1. The summed E-state index contributed by atoms with van der Waals surface area (Å²) < 4.78 is 0. The number of aromatic nitrogens is 1. The Morgan fingerprint density at radius 2 is 2.00 bits per heavy atom. The van der Waals surface area contributed by atoms with Crippen LogP contribution in [0.1, 0.15) is 30.1 Å². The monoisotopic (exact) mass is 266 g/mol. The van der Waals surface area contributed by atoms with Crippen LogP contribution < -0.4 is 0 Å². The van der Waals surface area contributed by atoms with E-state index in [9.17, 15) is 14.7 Å². The summed E-state index contributed by atoms with van der Waals surface area (Å²) in [5, 5.41) is 18.0. The molecule has 1 atom stereocenters. The fraction of sp³-hybridized carbons (Fsp3) is 0.462. The first kappa shape index (κ1) is 15.1. The zero-order chi connectivity index (χ0) is 14.3. The molecule has 1 unspecified atom stereocenters. The lowest BCUT2D eigenvalue weighted by atomic mass is 10.1. The Bertz CT molecular complexity index is 418. The van der Waals surface area contributed by atoms with Gasteiger partial charge >= 0.3 is 5.97 Å². The van der Waals surface area contributed by atoms with Crippen molar-refractivity contribution in [1.82, 2.24) is 9.88 Å². The zero-order valence-electron chi connectivity index (χ0n) is 10.8. The Labute approximate surface area is 111 Å². The van der Waals surface area contributed by atoms with Crippen molar-refractivity contribution in [3.05, 3.63) is 30.1 Å². The van der Waals surface area contributed by atoms with E-state index < -0.39 is 5.97 Å². The molecular weight excluding hydrogens is 248 g/mol. The topological polar surface area (TPSA) is 90.7 Å². The van der Waals surface area contributed by atoms with E-state index in [2.05, 4.69) is 4.98 Å². The van der Waals surface area contributed by atoms with Crippen molar-refractivity contribution in [2.24, 2.45) is 0 Å². The van der Waals surface area contributed by atoms with Crippen molar-refractivity contribution in [2.45, 2.75) is 25.8 Å². The van der Waals surface area contributed by atoms with E-state index in [4.69, 9.17) is 5.11 Å². The summed E-state index contributed by atoms with van der Waals surface area (Å²) in [6, 6.07) is 2.76. The predicted molar refractivity (Wildman–Crippen MR) is 68.7 cm³/mol. The van der Waals surface area contributed by atoms with Crippen molar-refractivity contribution in [2.75, 3.05) is 13.2 Å². The van der Waals surface area contributed by atoms with E-state index in [0.717, 1.165) is 0 Å². The van der Waals surface area contributed by atoms with Crippen LogP contribution in [0.5, 0.6) is 0 Å². The maximum absolute atomic E-state index is 12.3. The number of carbonyl (C=O) groups excluding carboxylic acids is 1. The van der Waals surface area contributed by atoms with Gasteiger partial charge in [-0.3, -0.25) is 14.6 Å². The number of hydrogen-bond donors (Lipinski definition) is 2. The first-order chi connectivity index (χ1) is 9.10. The molecule has 1 rings (SSSR count). The number of amides is 1. The number of hydrogen-bond acceptors (Lipinski definition) is 4. The van der Waals surface area contributed by atoms with Gasteiger partial charge in [-0.1, -0.05) is 6.92 Å². The number of carboxylic acid groups (broad SMARTS) is 1. The molecule has 0 aliphatic rings. The fourth-order valence-electron chi connectivity index (χ4n) is 1.77. The molecule has 0 radical (unpaired) electrons. The highest BCUT2D eigenvalue weighted by molar-refractivity contribution is 5.94. The molecule has 0 saturated carbocycles. The van der Waals surface area contributed by atoms with Crippen LogP contribution in [0.2, 0.25) is 0 Å². The molecule has 0 bridgehead atoms. The SMILES string of the molecule is CCC(CO)N(CCC(=O)O)C(=O)c1ccncc1. The summed E-state index contributed by atoms with van der Waals surface area (Å²) in [5.74, 6) is -1.26. The smallest absolute Gasteiger partial charge is 0.305 e. The molecule has 0 fully saturated rings. The summed E-state index contributed by atoms with van der Waals surface area (Å²) in [4.78, 5) is 28.2. The maximum atomic E-state index is 12.3. The third-order valence-corrected chi connectivity index (χ3v) is 2.88. The number of aliphatic hydroxyl groups excluding tert-OH is 1. The normalized spacial score (nSPS) is 11.9. The number of aliphatic carboxylic acids is 1. The predicted octanol–water partition coefficient (Wildman–Crippen LogP) is 0.769. The Morgan fingerprint density at radius 1 is 1.37 bits per heavy atom. The molecule has 0 spiro atoms.